The monoisotopic (exact) mass is 221 g/mol. The number of nitrogens with one attached hydrogen (secondary N) is 2. The van der Waals surface area contributed by atoms with Crippen LogP contribution in [-0.2, 0) is 6.54 Å². The van der Waals surface area contributed by atoms with Crippen LogP contribution in [0.5, 0.6) is 0 Å². The summed E-state index contributed by atoms with van der Waals surface area (Å²) >= 11 is 0. The molecule has 3 heteroatoms. The van der Waals surface area contributed by atoms with Gasteiger partial charge < -0.3 is 10.3 Å². The summed E-state index contributed by atoms with van der Waals surface area (Å²) in [4.78, 5) is 7.20. The Morgan fingerprint density at radius 1 is 1.44 bits per heavy atom. The van der Waals surface area contributed by atoms with E-state index in [1.165, 1.54) is 44.2 Å². The maximum Gasteiger partial charge on any atom is 0.0922 e. The molecule has 1 fully saturated rings. The molecular formula is C13H23N3. The second-order valence-electron chi connectivity index (χ2n) is 4.90. The standard InChI is InChI=1S/C13H23N3/c1-2-5-11-6-3-4-7-13(11)15-9-12-8-14-10-16-12/h8,10-11,13,15H,2-7,9H2,1H3,(H,14,16). The van der Waals surface area contributed by atoms with Gasteiger partial charge in [0, 0.05) is 24.5 Å². The van der Waals surface area contributed by atoms with Crippen molar-refractivity contribution in [3.63, 3.8) is 0 Å². The van der Waals surface area contributed by atoms with Gasteiger partial charge in [-0.25, -0.2) is 4.98 Å². The van der Waals surface area contributed by atoms with Crippen molar-refractivity contribution in [2.75, 3.05) is 0 Å². The summed E-state index contributed by atoms with van der Waals surface area (Å²) in [6, 6.07) is 0.719. The smallest absolute Gasteiger partial charge is 0.0922 e. The van der Waals surface area contributed by atoms with Crippen LogP contribution in [0.4, 0.5) is 0 Å². The van der Waals surface area contributed by atoms with Crippen molar-refractivity contribution in [1.29, 1.82) is 0 Å². The van der Waals surface area contributed by atoms with Crippen LogP contribution < -0.4 is 5.32 Å². The molecule has 0 radical (unpaired) electrons. The van der Waals surface area contributed by atoms with Crippen molar-refractivity contribution in [1.82, 2.24) is 15.3 Å². The lowest BCUT2D eigenvalue weighted by molar-refractivity contribution is 0.246. The molecule has 90 valence electrons. The van der Waals surface area contributed by atoms with Crippen molar-refractivity contribution >= 4 is 0 Å². The molecule has 1 aromatic heterocycles. The van der Waals surface area contributed by atoms with Crippen LogP contribution in [-0.4, -0.2) is 16.0 Å². The van der Waals surface area contributed by atoms with Crippen molar-refractivity contribution < 1.29 is 0 Å². The van der Waals surface area contributed by atoms with Crippen LogP contribution in [0.3, 0.4) is 0 Å². The Labute approximate surface area is 98.1 Å². The van der Waals surface area contributed by atoms with Gasteiger partial charge in [0.1, 0.15) is 0 Å². The van der Waals surface area contributed by atoms with E-state index in [1.807, 2.05) is 6.20 Å². The third-order valence-electron chi connectivity index (χ3n) is 3.68. The zero-order valence-corrected chi connectivity index (χ0v) is 10.2. The lowest BCUT2D eigenvalue weighted by atomic mass is 9.82. The van der Waals surface area contributed by atoms with Crippen LogP contribution in [0.15, 0.2) is 12.5 Å². The second-order valence-corrected chi connectivity index (χ2v) is 4.90. The molecule has 2 rings (SSSR count). The zero-order valence-electron chi connectivity index (χ0n) is 10.2. The molecule has 1 aliphatic carbocycles. The van der Waals surface area contributed by atoms with E-state index in [-0.39, 0.29) is 0 Å². The molecule has 1 aromatic rings. The summed E-state index contributed by atoms with van der Waals surface area (Å²) in [6.07, 6.45) is 11.9. The SMILES string of the molecule is CCCC1CCCCC1NCc1cnc[nH]1. The lowest BCUT2D eigenvalue weighted by Crippen LogP contribution is -2.38. The third-order valence-corrected chi connectivity index (χ3v) is 3.68. The van der Waals surface area contributed by atoms with E-state index in [0.717, 1.165) is 18.5 Å². The molecule has 16 heavy (non-hydrogen) atoms. The van der Waals surface area contributed by atoms with E-state index in [0.29, 0.717) is 0 Å². The Bertz CT molecular complexity index is 279. The van der Waals surface area contributed by atoms with Gasteiger partial charge in [-0.15, -0.1) is 0 Å². The van der Waals surface area contributed by atoms with Gasteiger partial charge in [0.05, 0.1) is 6.33 Å². The number of imidazole rings is 1. The highest BCUT2D eigenvalue weighted by molar-refractivity contribution is 4.94. The van der Waals surface area contributed by atoms with Gasteiger partial charge in [0.2, 0.25) is 0 Å². The maximum atomic E-state index is 4.05. The van der Waals surface area contributed by atoms with Gasteiger partial charge in [-0.2, -0.15) is 0 Å². The molecule has 0 bridgehead atoms. The highest BCUT2D eigenvalue weighted by Gasteiger charge is 2.23. The highest BCUT2D eigenvalue weighted by Crippen LogP contribution is 2.28. The van der Waals surface area contributed by atoms with Gasteiger partial charge in [0.15, 0.2) is 0 Å². The first-order valence-corrected chi connectivity index (χ1v) is 6.60. The fourth-order valence-corrected chi connectivity index (χ4v) is 2.82. The van der Waals surface area contributed by atoms with E-state index in [1.54, 1.807) is 6.33 Å². The predicted octanol–water partition coefficient (Wildman–Crippen LogP) is 2.86. The highest BCUT2D eigenvalue weighted by atomic mass is 15.0. The molecule has 1 aliphatic rings. The largest absolute Gasteiger partial charge is 0.347 e. The Balaban J connectivity index is 1.81. The minimum Gasteiger partial charge on any atom is -0.347 e. The maximum absolute atomic E-state index is 4.05. The molecule has 2 N–H and O–H groups in total. The van der Waals surface area contributed by atoms with Crippen LogP contribution in [0, 0.1) is 5.92 Å². The molecule has 0 aromatic carbocycles. The molecule has 1 saturated carbocycles. The summed E-state index contributed by atoms with van der Waals surface area (Å²) in [7, 11) is 0. The molecular weight excluding hydrogens is 198 g/mol. The third kappa shape index (κ3) is 3.08. The first kappa shape index (κ1) is 11.6. The Kier molecular flexibility index (Phi) is 4.40. The van der Waals surface area contributed by atoms with Crippen molar-refractivity contribution in [3.8, 4) is 0 Å². The number of nitrogens with zero attached hydrogens (tertiary/aromatic N) is 1. The molecule has 0 saturated heterocycles. The van der Waals surface area contributed by atoms with Crippen LogP contribution in [0.1, 0.15) is 51.1 Å². The van der Waals surface area contributed by atoms with Gasteiger partial charge in [0.25, 0.3) is 0 Å². The first-order chi connectivity index (χ1) is 7.90. The van der Waals surface area contributed by atoms with Gasteiger partial charge in [-0.3, -0.25) is 0 Å². The molecule has 0 spiro atoms. The van der Waals surface area contributed by atoms with Crippen LogP contribution in [0.2, 0.25) is 0 Å². The molecule has 2 unspecified atom stereocenters. The quantitative estimate of drug-likeness (QED) is 0.802. The van der Waals surface area contributed by atoms with E-state index >= 15 is 0 Å². The normalized spacial score (nSPS) is 25.8. The van der Waals surface area contributed by atoms with E-state index in [2.05, 4.69) is 22.2 Å². The van der Waals surface area contributed by atoms with E-state index in [9.17, 15) is 0 Å². The van der Waals surface area contributed by atoms with E-state index < -0.39 is 0 Å². The Morgan fingerprint density at radius 2 is 2.31 bits per heavy atom. The minimum absolute atomic E-state index is 0.719. The summed E-state index contributed by atoms with van der Waals surface area (Å²) in [6.45, 7) is 3.23. The topological polar surface area (TPSA) is 40.7 Å². The summed E-state index contributed by atoms with van der Waals surface area (Å²) < 4.78 is 0. The predicted molar refractivity (Wildman–Crippen MR) is 66.1 cm³/mol. The summed E-state index contributed by atoms with van der Waals surface area (Å²) in [5.41, 5.74) is 1.20. The zero-order chi connectivity index (χ0) is 11.2. The van der Waals surface area contributed by atoms with Gasteiger partial charge in [-0.1, -0.05) is 26.2 Å². The molecule has 0 aliphatic heterocycles. The molecule has 0 amide bonds. The van der Waals surface area contributed by atoms with Gasteiger partial charge >= 0.3 is 0 Å². The fourth-order valence-electron chi connectivity index (χ4n) is 2.82. The number of H-pyrrole nitrogens is 1. The Morgan fingerprint density at radius 3 is 3.06 bits per heavy atom. The van der Waals surface area contributed by atoms with Crippen LogP contribution in [0.25, 0.3) is 0 Å². The first-order valence-electron chi connectivity index (χ1n) is 6.60. The van der Waals surface area contributed by atoms with Crippen molar-refractivity contribution in [2.45, 2.75) is 58.0 Å². The number of aromatic nitrogens is 2. The molecule has 1 heterocycles. The number of hydrogen-bond acceptors (Lipinski definition) is 2. The van der Waals surface area contributed by atoms with Crippen LogP contribution >= 0.6 is 0 Å². The number of aromatic amines is 1. The molecule has 3 nitrogen and oxygen atoms in total. The molecule has 2 atom stereocenters. The van der Waals surface area contributed by atoms with Crippen molar-refractivity contribution in [3.05, 3.63) is 18.2 Å². The number of rotatable bonds is 5. The summed E-state index contributed by atoms with van der Waals surface area (Å²) in [5, 5.41) is 3.69. The lowest BCUT2D eigenvalue weighted by Gasteiger charge is -2.32. The second kappa shape index (κ2) is 6.04. The minimum atomic E-state index is 0.719. The van der Waals surface area contributed by atoms with E-state index in [4.69, 9.17) is 0 Å². The fraction of sp³-hybridized carbons (Fsp3) is 0.769. The average Bonchev–Trinajstić information content (AvgIpc) is 2.81. The Hall–Kier alpha value is -0.830. The van der Waals surface area contributed by atoms with Gasteiger partial charge in [-0.05, 0) is 25.2 Å². The summed E-state index contributed by atoms with van der Waals surface area (Å²) in [5.74, 6) is 0.890. The average molecular weight is 221 g/mol. The number of hydrogen-bond donors (Lipinski definition) is 2. The van der Waals surface area contributed by atoms with Crippen molar-refractivity contribution in [2.24, 2.45) is 5.92 Å².